The van der Waals surface area contributed by atoms with Crippen molar-refractivity contribution in [1.82, 2.24) is 5.32 Å². The summed E-state index contributed by atoms with van der Waals surface area (Å²) in [7, 11) is 1.68. The van der Waals surface area contributed by atoms with E-state index in [1.807, 2.05) is 18.2 Å². The summed E-state index contributed by atoms with van der Waals surface area (Å²) in [6, 6.07) is 6.63. The number of hydrogen-bond acceptors (Lipinski definition) is 4. The van der Waals surface area contributed by atoms with E-state index in [1.54, 1.807) is 7.11 Å². The van der Waals surface area contributed by atoms with Crippen molar-refractivity contribution in [3.63, 3.8) is 0 Å². The van der Waals surface area contributed by atoms with Gasteiger partial charge in [-0.15, -0.1) is 0 Å². The van der Waals surface area contributed by atoms with Crippen LogP contribution in [0.3, 0.4) is 0 Å². The quantitative estimate of drug-likeness (QED) is 0.828. The molecule has 4 heteroatoms. The Morgan fingerprint density at radius 3 is 3.11 bits per heavy atom. The Hall–Kier alpha value is -1.26. The third kappa shape index (κ3) is 3.61. The Bertz CT molecular complexity index is 408. The maximum absolute atomic E-state index is 8.88. The van der Waals surface area contributed by atoms with Crippen molar-refractivity contribution in [3.05, 3.63) is 23.8 Å². The normalized spacial score (nSPS) is 19.4. The lowest BCUT2D eigenvalue weighted by Gasteiger charge is -2.29. The Labute approximate surface area is 114 Å². The van der Waals surface area contributed by atoms with E-state index in [0.717, 1.165) is 37.4 Å². The number of aliphatic hydroxyl groups excluding tert-OH is 1. The number of benzene rings is 1. The van der Waals surface area contributed by atoms with Gasteiger partial charge in [-0.1, -0.05) is 0 Å². The number of methoxy groups -OCH3 is 1. The van der Waals surface area contributed by atoms with Crippen LogP contribution in [0.25, 0.3) is 0 Å². The smallest absolute Gasteiger partial charge is 0.124 e. The van der Waals surface area contributed by atoms with Gasteiger partial charge in [-0.25, -0.2) is 0 Å². The largest absolute Gasteiger partial charge is 0.497 e. The van der Waals surface area contributed by atoms with Crippen LogP contribution in [0.15, 0.2) is 18.2 Å². The molecule has 1 heterocycles. The molecule has 2 atom stereocenters. The molecule has 0 aliphatic carbocycles. The first-order chi connectivity index (χ1) is 9.24. The van der Waals surface area contributed by atoms with Crippen molar-refractivity contribution in [1.29, 1.82) is 0 Å². The van der Waals surface area contributed by atoms with Gasteiger partial charge in [-0.3, -0.25) is 0 Å². The third-order valence-corrected chi connectivity index (χ3v) is 3.54. The number of hydrogen-bond donors (Lipinski definition) is 2. The summed E-state index contributed by atoms with van der Waals surface area (Å²) in [5, 5.41) is 12.5. The van der Waals surface area contributed by atoms with Crippen LogP contribution in [0.2, 0.25) is 0 Å². The predicted molar refractivity (Wildman–Crippen MR) is 74.8 cm³/mol. The van der Waals surface area contributed by atoms with Gasteiger partial charge in [0.25, 0.3) is 0 Å². The van der Waals surface area contributed by atoms with E-state index in [2.05, 4.69) is 12.2 Å². The highest BCUT2D eigenvalue weighted by molar-refractivity contribution is 5.43. The first-order valence-corrected chi connectivity index (χ1v) is 6.92. The minimum absolute atomic E-state index is 0.254. The van der Waals surface area contributed by atoms with Crippen molar-refractivity contribution in [2.75, 3.05) is 20.3 Å². The van der Waals surface area contributed by atoms with Gasteiger partial charge in [0.2, 0.25) is 0 Å². The van der Waals surface area contributed by atoms with Gasteiger partial charge in [-0.05, 0) is 38.0 Å². The second-order valence-electron chi connectivity index (χ2n) is 5.03. The molecule has 4 nitrogen and oxygen atoms in total. The molecule has 0 radical (unpaired) electrons. The van der Waals surface area contributed by atoms with Crippen molar-refractivity contribution in [2.45, 2.75) is 38.3 Å². The summed E-state index contributed by atoms with van der Waals surface area (Å²) in [6.45, 7) is 3.15. The standard InChI is InChI=1S/C15H23NO3/c1-11(4-3-8-17)16-14-7-9-19-15-6-5-12(18-2)10-13(14)15/h5-6,10-11,14,16-17H,3-4,7-9H2,1-2H3. The van der Waals surface area contributed by atoms with Gasteiger partial charge in [0.15, 0.2) is 0 Å². The van der Waals surface area contributed by atoms with Gasteiger partial charge in [-0.2, -0.15) is 0 Å². The van der Waals surface area contributed by atoms with E-state index < -0.39 is 0 Å². The van der Waals surface area contributed by atoms with E-state index in [1.165, 1.54) is 5.56 Å². The topological polar surface area (TPSA) is 50.7 Å². The van der Waals surface area contributed by atoms with Gasteiger partial charge in [0, 0.05) is 30.7 Å². The molecule has 1 aromatic rings. The summed E-state index contributed by atoms with van der Waals surface area (Å²) >= 11 is 0. The predicted octanol–water partition coefficient (Wildman–Crippen LogP) is 2.27. The SMILES string of the molecule is COc1ccc2c(c1)C(NC(C)CCCO)CCO2. The average Bonchev–Trinajstić information content (AvgIpc) is 2.45. The Morgan fingerprint density at radius 1 is 1.53 bits per heavy atom. The number of fused-ring (bicyclic) bond motifs is 1. The minimum atomic E-state index is 0.254. The average molecular weight is 265 g/mol. The molecule has 2 unspecified atom stereocenters. The third-order valence-electron chi connectivity index (χ3n) is 3.54. The van der Waals surface area contributed by atoms with Crippen molar-refractivity contribution < 1.29 is 14.6 Å². The lowest BCUT2D eigenvalue weighted by molar-refractivity contribution is 0.236. The second-order valence-corrected chi connectivity index (χ2v) is 5.03. The highest BCUT2D eigenvalue weighted by atomic mass is 16.5. The molecule has 106 valence electrons. The van der Waals surface area contributed by atoms with Crippen LogP contribution in [0.5, 0.6) is 11.5 Å². The highest BCUT2D eigenvalue weighted by Crippen LogP contribution is 2.35. The molecular weight excluding hydrogens is 242 g/mol. The van der Waals surface area contributed by atoms with Crippen molar-refractivity contribution in [2.24, 2.45) is 0 Å². The summed E-state index contributed by atoms with van der Waals surface area (Å²) in [5.41, 5.74) is 1.17. The van der Waals surface area contributed by atoms with Gasteiger partial charge in [0.1, 0.15) is 11.5 Å². The number of aliphatic hydroxyl groups is 1. The Morgan fingerprint density at radius 2 is 2.37 bits per heavy atom. The molecule has 2 N–H and O–H groups in total. The molecular formula is C15H23NO3. The van der Waals surface area contributed by atoms with Crippen LogP contribution in [-0.2, 0) is 0 Å². The monoisotopic (exact) mass is 265 g/mol. The lowest BCUT2D eigenvalue weighted by atomic mass is 9.98. The zero-order valence-electron chi connectivity index (χ0n) is 11.7. The van der Waals surface area contributed by atoms with E-state index >= 15 is 0 Å². The fourth-order valence-electron chi connectivity index (χ4n) is 2.50. The number of rotatable bonds is 6. The molecule has 1 aliphatic heterocycles. The second kappa shape index (κ2) is 6.78. The molecule has 1 aliphatic rings. The summed E-state index contributed by atoms with van der Waals surface area (Å²) < 4.78 is 11.0. The first kappa shape index (κ1) is 14.2. The summed E-state index contributed by atoms with van der Waals surface area (Å²) in [6.07, 6.45) is 2.78. The number of ether oxygens (including phenoxy) is 2. The molecule has 0 saturated carbocycles. The summed E-state index contributed by atoms with van der Waals surface area (Å²) in [5.74, 6) is 1.80. The minimum Gasteiger partial charge on any atom is -0.497 e. The van der Waals surface area contributed by atoms with Crippen LogP contribution in [-0.4, -0.2) is 31.5 Å². The summed E-state index contributed by atoms with van der Waals surface area (Å²) in [4.78, 5) is 0. The van der Waals surface area contributed by atoms with E-state index in [-0.39, 0.29) is 6.61 Å². The molecule has 1 aromatic carbocycles. The molecule has 0 fully saturated rings. The fraction of sp³-hybridized carbons (Fsp3) is 0.600. The van der Waals surface area contributed by atoms with E-state index in [9.17, 15) is 0 Å². The van der Waals surface area contributed by atoms with Gasteiger partial charge in [0.05, 0.1) is 13.7 Å². The number of nitrogens with one attached hydrogen (secondary N) is 1. The van der Waals surface area contributed by atoms with Crippen LogP contribution in [0.1, 0.15) is 37.8 Å². The molecule has 2 rings (SSSR count). The Balaban J connectivity index is 2.07. The van der Waals surface area contributed by atoms with Gasteiger partial charge >= 0.3 is 0 Å². The molecule has 0 spiro atoms. The van der Waals surface area contributed by atoms with Crippen LogP contribution < -0.4 is 14.8 Å². The van der Waals surface area contributed by atoms with E-state index in [4.69, 9.17) is 14.6 Å². The molecule has 0 aromatic heterocycles. The van der Waals surface area contributed by atoms with Crippen molar-refractivity contribution >= 4 is 0 Å². The maximum Gasteiger partial charge on any atom is 0.124 e. The van der Waals surface area contributed by atoms with Crippen molar-refractivity contribution in [3.8, 4) is 11.5 Å². The van der Waals surface area contributed by atoms with Crippen LogP contribution in [0.4, 0.5) is 0 Å². The molecule has 0 saturated heterocycles. The maximum atomic E-state index is 8.88. The highest BCUT2D eigenvalue weighted by Gasteiger charge is 2.23. The zero-order valence-corrected chi connectivity index (χ0v) is 11.7. The lowest BCUT2D eigenvalue weighted by Crippen LogP contribution is -2.33. The van der Waals surface area contributed by atoms with E-state index in [0.29, 0.717) is 12.1 Å². The molecule has 19 heavy (non-hydrogen) atoms. The van der Waals surface area contributed by atoms with Gasteiger partial charge < -0.3 is 19.9 Å². The first-order valence-electron chi connectivity index (χ1n) is 6.92. The Kier molecular flexibility index (Phi) is 5.05. The zero-order chi connectivity index (χ0) is 13.7. The van der Waals surface area contributed by atoms with Crippen LogP contribution >= 0.6 is 0 Å². The molecule has 0 bridgehead atoms. The fourth-order valence-corrected chi connectivity index (χ4v) is 2.50. The molecule has 0 amide bonds. The van der Waals surface area contributed by atoms with Crippen LogP contribution in [0, 0.1) is 0 Å².